The second kappa shape index (κ2) is 8.42. The first-order valence-electron chi connectivity index (χ1n) is 8.18. The molecule has 1 aromatic heterocycles. The van der Waals surface area contributed by atoms with Gasteiger partial charge in [0.25, 0.3) is 0 Å². The van der Waals surface area contributed by atoms with Gasteiger partial charge in [-0.1, -0.05) is 23.3 Å². The van der Waals surface area contributed by atoms with Crippen LogP contribution in [0.3, 0.4) is 0 Å². The van der Waals surface area contributed by atoms with Gasteiger partial charge < -0.3 is 19.0 Å². The Bertz CT molecular complexity index is 854. The molecule has 0 atom stereocenters. The monoisotopic (exact) mass is 344 g/mol. The summed E-state index contributed by atoms with van der Waals surface area (Å²) in [4.78, 5) is 12.2. The van der Waals surface area contributed by atoms with Crippen molar-refractivity contribution in [3.8, 4) is 17.2 Å². The molecule has 1 heterocycles. The number of para-hydroxylation sites is 1. The number of aromatic hydroxyl groups is 1. The molecule has 0 aliphatic heterocycles. The van der Waals surface area contributed by atoms with Gasteiger partial charge in [-0.2, -0.15) is 0 Å². The van der Waals surface area contributed by atoms with Crippen LogP contribution in [0.15, 0.2) is 50.7 Å². The van der Waals surface area contributed by atoms with Gasteiger partial charge in [-0.15, -0.1) is 0 Å². The Hall–Kier alpha value is -2.69. The third kappa shape index (κ3) is 4.66. The van der Waals surface area contributed by atoms with E-state index in [-0.39, 0.29) is 29.4 Å². The molecule has 134 valence electrons. The van der Waals surface area contributed by atoms with E-state index < -0.39 is 5.63 Å². The number of ether oxygens (including phenoxy) is 2. The van der Waals surface area contributed by atoms with Gasteiger partial charge in [0.2, 0.25) is 5.75 Å². The first-order valence-corrected chi connectivity index (χ1v) is 8.18. The predicted octanol–water partition coefficient (Wildman–Crippen LogP) is 4.58. The minimum absolute atomic E-state index is 0.00829. The Morgan fingerprint density at radius 1 is 1.20 bits per heavy atom. The summed E-state index contributed by atoms with van der Waals surface area (Å²) in [5.74, 6) is 0.154. The first kappa shape index (κ1) is 18.6. The van der Waals surface area contributed by atoms with Crippen molar-refractivity contribution in [1.29, 1.82) is 0 Å². The summed E-state index contributed by atoms with van der Waals surface area (Å²) < 4.78 is 16.1. The summed E-state index contributed by atoms with van der Waals surface area (Å²) in [5.41, 5.74) is 1.89. The van der Waals surface area contributed by atoms with Gasteiger partial charge in [-0.3, -0.25) is 0 Å². The molecule has 0 aliphatic carbocycles. The van der Waals surface area contributed by atoms with E-state index in [0.717, 1.165) is 12.8 Å². The molecule has 0 saturated carbocycles. The van der Waals surface area contributed by atoms with Crippen LogP contribution >= 0.6 is 0 Å². The van der Waals surface area contributed by atoms with E-state index >= 15 is 0 Å². The normalized spacial score (nSPS) is 11.4. The molecule has 0 bridgehead atoms. The average Bonchev–Trinajstić information content (AvgIpc) is 2.56. The fraction of sp³-hybridized carbons (Fsp3) is 0.350. The third-order valence-electron chi connectivity index (χ3n) is 3.78. The van der Waals surface area contributed by atoms with Crippen LogP contribution in [0.4, 0.5) is 0 Å². The fourth-order valence-electron chi connectivity index (χ4n) is 2.45. The first-order chi connectivity index (χ1) is 11.9. The van der Waals surface area contributed by atoms with E-state index in [1.165, 1.54) is 24.3 Å². The Balaban J connectivity index is 2.20. The number of hydrogen-bond donors (Lipinski definition) is 1. The molecule has 2 aromatic rings. The summed E-state index contributed by atoms with van der Waals surface area (Å²) in [6, 6.07) is 4.80. The van der Waals surface area contributed by atoms with E-state index in [4.69, 9.17) is 13.9 Å². The van der Waals surface area contributed by atoms with Crippen molar-refractivity contribution >= 4 is 11.0 Å². The van der Waals surface area contributed by atoms with Gasteiger partial charge in [0.1, 0.15) is 6.61 Å². The van der Waals surface area contributed by atoms with Gasteiger partial charge in [-0.25, -0.2) is 4.79 Å². The van der Waals surface area contributed by atoms with Gasteiger partial charge in [0.05, 0.1) is 12.5 Å². The van der Waals surface area contributed by atoms with Crippen molar-refractivity contribution in [3.63, 3.8) is 0 Å². The molecule has 5 heteroatoms. The van der Waals surface area contributed by atoms with Crippen molar-refractivity contribution in [2.75, 3.05) is 13.7 Å². The summed E-state index contributed by atoms with van der Waals surface area (Å²) in [6.07, 6.45) is 6.04. The largest absolute Gasteiger partial charge is 0.504 e. The highest BCUT2D eigenvalue weighted by Gasteiger charge is 2.18. The highest BCUT2D eigenvalue weighted by Crippen LogP contribution is 2.35. The molecule has 0 radical (unpaired) electrons. The fourth-order valence-corrected chi connectivity index (χ4v) is 2.45. The summed E-state index contributed by atoms with van der Waals surface area (Å²) in [5, 5.41) is 10.3. The molecule has 1 aromatic carbocycles. The maximum atomic E-state index is 12.2. The van der Waals surface area contributed by atoms with Crippen LogP contribution in [0.5, 0.6) is 17.2 Å². The van der Waals surface area contributed by atoms with Gasteiger partial charge in [-0.05, 0) is 51.8 Å². The van der Waals surface area contributed by atoms with E-state index in [1.54, 1.807) is 12.1 Å². The van der Waals surface area contributed by atoms with Crippen LogP contribution in [0.1, 0.15) is 33.6 Å². The maximum Gasteiger partial charge on any atom is 0.383 e. The lowest BCUT2D eigenvalue weighted by Gasteiger charge is -2.11. The highest BCUT2D eigenvalue weighted by atomic mass is 16.5. The van der Waals surface area contributed by atoms with Crippen molar-refractivity contribution < 1.29 is 19.0 Å². The van der Waals surface area contributed by atoms with Gasteiger partial charge >= 0.3 is 5.63 Å². The van der Waals surface area contributed by atoms with Crippen LogP contribution in [0.2, 0.25) is 0 Å². The zero-order valence-corrected chi connectivity index (χ0v) is 15.1. The van der Waals surface area contributed by atoms with Crippen molar-refractivity contribution in [2.24, 2.45) is 0 Å². The van der Waals surface area contributed by atoms with Crippen molar-refractivity contribution in [3.05, 3.63) is 51.9 Å². The molecule has 2 rings (SSSR count). The SMILES string of the molecule is COc1c(OC/C=C(\C)CCC=C(C)C)c(=O)oc2c(O)cccc12. The van der Waals surface area contributed by atoms with E-state index in [9.17, 15) is 9.90 Å². The van der Waals surface area contributed by atoms with Gasteiger partial charge in [0.15, 0.2) is 17.1 Å². The maximum absolute atomic E-state index is 12.2. The Kier molecular flexibility index (Phi) is 6.28. The van der Waals surface area contributed by atoms with Crippen LogP contribution in [0, 0.1) is 0 Å². The molecular formula is C20H24O5. The number of rotatable bonds is 7. The predicted molar refractivity (Wildman–Crippen MR) is 98.6 cm³/mol. The molecule has 0 aliphatic rings. The molecular weight excluding hydrogens is 320 g/mol. The van der Waals surface area contributed by atoms with E-state index in [2.05, 4.69) is 19.9 Å². The van der Waals surface area contributed by atoms with Crippen LogP contribution in [-0.4, -0.2) is 18.8 Å². The molecule has 1 N–H and O–H groups in total. The summed E-state index contributed by atoms with van der Waals surface area (Å²) in [6.45, 7) is 6.42. The molecule has 25 heavy (non-hydrogen) atoms. The molecule has 0 fully saturated rings. The Labute approximate surface area is 147 Å². The minimum Gasteiger partial charge on any atom is -0.504 e. The van der Waals surface area contributed by atoms with Gasteiger partial charge in [0, 0.05) is 0 Å². The topological polar surface area (TPSA) is 68.9 Å². The van der Waals surface area contributed by atoms with Crippen molar-refractivity contribution in [1.82, 2.24) is 0 Å². The third-order valence-corrected chi connectivity index (χ3v) is 3.78. The second-order valence-electron chi connectivity index (χ2n) is 6.09. The number of allylic oxidation sites excluding steroid dienone is 3. The highest BCUT2D eigenvalue weighted by molar-refractivity contribution is 5.89. The molecule has 0 spiro atoms. The molecule has 5 nitrogen and oxygen atoms in total. The second-order valence-corrected chi connectivity index (χ2v) is 6.09. The zero-order valence-electron chi connectivity index (χ0n) is 15.1. The number of benzene rings is 1. The summed E-state index contributed by atoms with van der Waals surface area (Å²) in [7, 11) is 1.45. The zero-order chi connectivity index (χ0) is 18.4. The number of methoxy groups -OCH3 is 1. The lowest BCUT2D eigenvalue weighted by Crippen LogP contribution is -2.09. The summed E-state index contributed by atoms with van der Waals surface area (Å²) >= 11 is 0. The van der Waals surface area contributed by atoms with Crippen LogP contribution in [0.25, 0.3) is 11.0 Å². The van der Waals surface area contributed by atoms with Crippen molar-refractivity contribution in [2.45, 2.75) is 33.6 Å². The molecule has 0 amide bonds. The lowest BCUT2D eigenvalue weighted by atomic mass is 10.1. The lowest BCUT2D eigenvalue weighted by molar-refractivity contribution is 0.308. The van der Waals surface area contributed by atoms with Crippen LogP contribution < -0.4 is 15.1 Å². The average molecular weight is 344 g/mol. The Morgan fingerprint density at radius 3 is 2.64 bits per heavy atom. The number of hydrogen-bond acceptors (Lipinski definition) is 5. The molecule has 0 unspecified atom stereocenters. The van der Waals surface area contributed by atoms with E-state index in [1.807, 2.05) is 13.0 Å². The standard InChI is InChI=1S/C20H24O5/c1-13(2)7-5-8-14(3)11-12-24-19-18(23-4)15-9-6-10-16(21)17(15)25-20(19)22/h6-7,9-11,21H,5,8,12H2,1-4H3/b14-11+. The quantitative estimate of drug-likeness (QED) is 0.588. The Morgan fingerprint density at radius 2 is 1.96 bits per heavy atom. The van der Waals surface area contributed by atoms with Crippen LogP contribution in [-0.2, 0) is 0 Å². The number of phenols is 1. The van der Waals surface area contributed by atoms with E-state index in [0.29, 0.717) is 5.39 Å². The number of phenolic OH excluding ortho intramolecular Hbond substituents is 1. The minimum atomic E-state index is -0.679. The smallest absolute Gasteiger partial charge is 0.383 e. The number of fused-ring (bicyclic) bond motifs is 1. The molecule has 0 saturated heterocycles.